The van der Waals surface area contributed by atoms with Crippen LogP contribution in [-0.2, 0) is 20.0 Å². The van der Waals surface area contributed by atoms with Crippen LogP contribution in [0.2, 0.25) is 0 Å². The number of nitrogens with two attached hydrogens (primary N) is 1. The topological polar surface area (TPSA) is 106 Å². The van der Waals surface area contributed by atoms with E-state index in [1.807, 2.05) is 4.72 Å². The van der Waals surface area contributed by atoms with Gasteiger partial charge >= 0.3 is 0 Å². The Morgan fingerprint density at radius 2 is 1.67 bits per heavy atom. The molecule has 2 rings (SSSR count). The van der Waals surface area contributed by atoms with Gasteiger partial charge in [-0.25, -0.2) is 30.8 Å². The molecule has 0 aliphatic heterocycles. The fourth-order valence-electron chi connectivity index (χ4n) is 1.79. The monoisotopic (exact) mass is 374 g/mol. The average Bonchev–Trinajstić information content (AvgIpc) is 2.44. The molecule has 0 fully saturated rings. The van der Waals surface area contributed by atoms with Crippen LogP contribution in [-0.4, -0.2) is 16.8 Å². The standard InChI is InChI=1S/C14H12F2N2O4S2/c15-11-5-6-14(24(17,21)22)13(9-11)18-23(19,20)8-7-10-3-1-2-4-12(10)16/h1-9,18H,(H2,17,21,22). The summed E-state index contributed by atoms with van der Waals surface area (Å²) in [6, 6.07) is 7.77. The number of nitrogens with one attached hydrogen (secondary N) is 1. The van der Waals surface area contributed by atoms with Gasteiger partial charge in [-0.05, 0) is 30.3 Å². The van der Waals surface area contributed by atoms with Crippen LogP contribution in [0.5, 0.6) is 0 Å². The van der Waals surface area contributed by atoms with Gasteiger partial charge in [0.15, 0.2) is 0 Å². The van der Waals surface area contributed by atoms with Gasteiger partial charge in [-0.1, -0.05) is 18.2 Å². The number of benzene rings is 2. The molecule has 0 atom stereocenters. The van der Waals surface area contributed by atoms with E-state index in [9.17, 15) is 25.6 Å². The second-order valence-corrected chi connectivity index (χ2v) is 7.75. The Labute approximate surface area is 137 Å². The molecule has 3 N–H and O–H groups in total. The molecule has 0 aliphatic rings. The quantitative estimate of drug-likeness (QED) is 0.835. The summed E-state index contributed by atoms with van der Waals surface area (Å²) < 4.78 is 75.5. The number of halogens is 2. The molecule has 0 heterocycles. The lowest BCUT2D eigenvalue weighted by atomic mass is 10.2. The van der Waals surface area contributed by atoms with Crippen molar-refractivity contribution in [2.24, 2.45) is 5.14 Å². The lowest BCUT2D eigenvalue weighted by molar-refractivity contribution is 0.597. The third-order valence-corrected chi connectivity index (χ3v) is 4.80. The van der Waals surface area contributed by atoms with Crippen LogP contribution in [0, 0.1) is 11.6 Å². The van der Waals surface area contributed by atoms with Gasteiger partial charge < -0.3 is 0 Å². The third-order valence-electron chi connectivity index (χ3n) is 2.83. The van der Waals surface area contributed by atoms with Gasteiger partial charge in [0.2, 0.25) is 10.0 Å². The maximum absolute atomic E-state index is 13.5. The van der Waals surface area contributed by atoms with Crippen molar-refractivity contribution in [3.63, 3.8) is 0 Å². The summed E-state index contributed by atoms with van der Waals surface area (Å²) in [4.78, 5) is -0.591. The Hall–Kier alpha value is -2.30. The highest BCUT2D eigenvalue weighted by Crippen LogP contribution is 2.23. The van der Waals surface area contributed by atoms with Crippen molar-refractivity contribution >= 4 is 31.8 Å². The number of anilines is 1. The molecule has 0 saturated heterocycles. The van der Waals surface area contributed by atoms with Crippen molar-refractivity contribution in [1.29, 1.82) is 0 Å². The van der Waals surface area contributed by atoms with Crippen LogP contribution in [0.3, 0.4) is 0 Å². The molecule has 0 saturated carbocycles. The summed E-state index contributed by atoms with van der Waals surface area (Å²) in [6.07, 6.45) is 0.980. The summed E-state index contributed by atoms with van der Waals surface area (Å²) in [5, 5.41) is 5.59. The molecule has 0 bridgehead atoms. The summed E-state index contributed by atoms with van der Waals surface area (Å²) in [5.74, 6) is -1.50. The van der Waals surface area contributed by atoms with Gasteiger partial charge in [-0.3, -0.25) is 4.72 Å². The van der Waals surface area contributed by atoms with E-state index in [0.717, 1.165) is 24.3 Å². The van der Waals surface area contributed by atoms with Crippen LogP contribution >= 0.6 is 0 Å². The molecule has 2 aromatic carbocycles. The minimum Gasteiger partial charge on any atom is -0.279 e. The molecular formula is C14H12F2N2O4S2. The van der Waals surface area contributed by atoms with Gasteiger partial charge in [-0.2, -0.15) is 0 Å². The van der Waals surface area contributed by atoms with Crippen molar-refractivity contribution < 1.29 is 25.6 Å². The predicted molar refractivity (Wildman–Crippen MR) is 85.7 cm³/mol. The Morgan fingerprint density at radius 1 is 1.00 bits per heavy atom. The van der Waals surface area contributed by atoms with E-state index in [4.69, 9.17) is 5.14 Å². The highest BCUT2D eigenvalue weighted by atomic mass is 32.2. The lowest BCUT2D eigenvalue weighted by Gasteiger charge is -2.09. The zero-order valence-electron chi connectivity index (χ0n) is 12.0. The first-order valence-electron chi connectivity index (χ1n) is 6.36. The normalized spacial score (nSPS) is 12.5. The summed E-state index contributed by atoms with van der Waals surface area (Å²) in [7, 11) is -8.51. The lowest BCUT2D eigenvalue weighted by Crippen LogP contribution is -2.17. The molecule has 24 heavy (non-hydrogen) atoms. The first kappa shape index (κ1) is 18.0. The van der Waals surface area contributed by atoms with Gasteiger partial charge in [-0.15, -0.1) is 0 Å². The number of primary sulfonamides is 1. The molecule has 0 amide bonds. The van der Waals surface area contributed by atoms with E-state index >= 15 is 0 Å². The third kappa shape index (κ3) is 4.60. The molecule has 10 heteroatoms. The minimum atomic E-state index is -4.27. The molecule has 0 aliphatic carbocycles. The molecule has 128 valence electrons. The molecule has 2 aromatic rings. The van der Waals surface area contributed by atoms with E-state index < -0.39 is 42.3 Å². The second kappa shape index (κ2) is 6.67. The van der Waals surface area contributed by atoms with Crippen LogP contribution in [0.1, 0.15) is 5.56 Å². The van der Waals surface area contributed by atoms with Crippen LogP contribution in [0.4, 0.5) is 14.5 Å². The zero-order chi connectivity index (χ0) is 18.0. The molecule has 0 aromatic heterocycles. The van der Waals surface area contributed by atoms with Crippen LogP contribution in [0.25, 0.3) is 6.08 Å². The molecular weight excluding hydrogens is 362 g/mol. The second-order valence-electron chi connectivity index (χ2n) is 4.66. The fourth-order valence-corrected chi connectivity index (χ4v) is 3.40. The maximum atomic E-state index is 13.5. The van der Waals surface area contributed by atoms with Gasteiger partial charge in [0.1, 0.15) is 16.5 Å². The minimum absolute atomic E-state index is 0.00814. The summed E-state index contributed by atoms with van der Waals surface area (Å²) in [6.45, 7) is 0. The predicted octanol–water partition coefficient (Wildman–Crippen LogP) is 2.02. The zero-order valence-corrected chi connectivity index (χ0v) is 13.6. The van der Waals surface area contributed by atoms with E-state index in [1.54, 1.807) is 0 Å². The molecule has 0 spiro atoms. The van der Waals surface area contributed by atoms with E-state index in [0.29, 0.717) is 11.5 Å². The highest BCUT2D eigenvalue weighted by molar-refractivity contribution is 7.95. The molecule has 0 unspecified atom stereocenters. The van der Waals surface area contributed by atoms with Crippen LogP contribution < -0.4 is 9.86 Å². The SMILES string of the molecule is NS(=O)(=O)c1ccc(F)cc1NS(=O)(=O)C=Cc1ccccc1F. The first-order valence-corrected chi connectivity index (χ1v) is 9.45. The van der Waals surface area contributed by atoms with Gasteiger partial charge in [0.25, 0.3) is 10.0 Å². The number of sulfonamides is 2. The van der Waals surface area contributed by atoms with Crippen molar-refractivity contribution in [3.05, 3.63) is 65.1 Å². The summed E-state index contributed by atoms with van der Waals surface area (Å²) >= 11 is 0. The molecule has 6 nitrogen and oxygen atoms in total. The van der Waals surface area contributed by atoms with E-state index in [1.165, 1.54) is 18.2 Å². The van der Waals surface area contributed by atoms with E-state index in [2.05, 4.69) is 0 Å². The Morgan fingerprint density at radius 3 is 2.29 bits per heavy atom. The van der Waals surface area contributed by atoms with Gasteiger partial charge in [0, 0.05) is 5.56 Å². The van der Waals surface area contributed by atoms with Crippen molar-refractivity contribution in [1.82, 2.24) is 0 Å². The maximum Gasteiger partial charge on any atom is 0.255 e. The number of hydrogen-bond donors (Lipinski definition) is 2. The molecule has 0 radical (unpaired) electrons. The Kier molecular flexibility index (Phi) is 5.02. The number of hydrogen-bond acceptors (Lipinski definition) is 4. The van der Waals surface area contributed by atoms with Crippen molar-refractivity contribution in [3.8, 4) is 0 Å². The number of rotatable bonds is 5. The largest absolute Gasteiger partial charge is 0.279 e. The first-order chi connectivity index (χ1) is 11.1. The highest BCUT2D eigenvalue weighted by Gasteiger charge is 2.18. The average molecular weight is 374 g/mol. The smallest absolute Gasteiger partial charge is 0.255 e. The van der Waals surface area contributed by atoms with Crippen molar-refractivity contribution in [2.45, 2.75) is 4.90 Å². The Bertz CT molecular complexity index is 1000. The fraction of sp³-hybridized carbons (Fsp3) is 0. The summed E-state index contributed by atoms with van der Waals surface area (Å²) in [5.41, 5.74) is -0.538. The Balaban J connectivity index is 2.37. The van der Waals surface area contributed by atoms with Gasteiger partial charge in [0.05, 0.1) is 11.1 Å². The van der Waals surface area contributed by atoms with E-state index in [-0.39, 0.29) is 5.56 Å². The van der Waals surface area contributed by atoms with Crippen molar-refractivity contribution in [2.75, 3.05) is 4.72 Å². The van der Waals surface area contributed by atoms with Crippen LogP contribution in [0.15, 0.2) is 52.8 Å².